The summed E-state index contributed by atoms with van der Waals surface area (Å²) in [6, 6.07) is 3.76. The maximum Gasteiger partial charge on any atom is 0.254 e. The molecular weight excluding hydrogens is 372 g/mol. The van der Waals surface area contributed by atoms with Crippen LogP contribution in [-0.4, -0.2) is 50.7 Å². The first-order valence-corrected chi connectivity index (χ1v) is 7.86. The van der Waals surface area contributed by atoms with E-state index in [1.54, 1.807) is 24.1 Å². The molecule has 0 aromatic heterocycles. The number of rotatable bonds is 5. The molecule has 0 saturated carbocycles. The van der Waals surface area contributed by atoms with Gasteiger partial charge in [0.15, 0.2) is 11.5 Å². The summed E-state index contributed by atoms with van der Waals surface area (Å²) in [4.78, 5) is 14.4. The molecule has 124 valence electrons. The molecule has 1 heterocycles. The number of methoxy groups -OCH3 is 1. The first kappa shape index (κ1) is 19.1. The number of amides is 1. The van der Waals surface area contributed by atoms with E-state index in [1.807, 2.05) is 14.0 Å². The number of carbonyl (C=O) groups is 1. The highest BCUT2D eigenvalue weighted by Crippen LogP contribution is 2.37. The lowest BCUT2D eigenvalue weighted by molar-refractivity contribution is 0.0743. The van der Waals surface area contributed by atoms with Gasteiger partial charge in [0, 0.05) is 25.2 Å². The molecule has 1 N–H and O–H groups in total. The maximum absolute atomic E-state index is 12.6. The number of hydrogen-bond donors (Lipinski definition) is 1. The van der Waals surface area contributed by atoms with Crippen molar-refractivity contribution >= 4 is 34.2 Å². The molecule has 0 spiro atoms. The first-order chi connectivity index (χ1) is 10.1. The van der Waals surface area contributed by atoms with Crippen LogP contribution < -0.4 is 14.8 Å². The third-order valence-electron chi connectivity index (χ3n) is 3.67. The van der Waals surface area contributed by atoms with Crippen LogP contribution in [-0.2, 0) is 0 Å². The summed E-state index contributed by atoms with van der Waals surface area (Å²) in [5.41, 5.74) is 0.594. The van der Waals surface area contributed by atoms with Crippen LogP contribution in [0.2, 0.25) is 0 Å². The number of benzene rings is 1. The van der Waals surface area contributed by atoms with E-state index in [0.717, 1.165) is 24.0 Å². The summed E-state index contributed by atoms with van der Waals surface area (Å²) >= 11 is 3.45. The molecule has 2 rings (SSSR count). The van der Waals surface area contributed by atoms with Gasteiger partial charge >= 0.3 is 0 Å². The fourth-order valence-electron chi connectivity index (χ4n) is 2.47. The molecule has 1 fully saturated rings. The van der Waals surface area contributed by atoms with Crippen LogP contribution in [0.3, 0.4) is 0 Å². The Kier molecular flexibility index (Phi) is 7.45. The Balaban J connectivity index is 0.00000242. The molecule has 0 radical (unpaired) electrons. The average Bonchev–Trinajstić information content (AvgIpc) is 3.01. The number of nitrogens with zero attached hydrogens (tertiary/aromatic N) is 1. The van der Waals surface area contributed by atoms with Gasteiger partial charge in [-0.25, -0.2) is 0 Å². The lowest BCUT2D eigenvalue weighted by atomic mass is 10.1. The van der Waals surface area contributed by atoms with Crippen LogP contribution in [0, 0.1) is 0 Å². The number of carbonyl (C=O) groups excluding carboxylic acids is 1. The number of ether oxygens (including phenoxy) is 2. The molecule has 5 nitrogen and oxygen atoms in total. The van der Waals surface area contributed by atoms with Crippen molar-refractivity contribution in [3.63, 3.8) is 0 Å². The van der Waals surface area contributed by atoms with Crippen molar-refractivity contribution in [2.24, 2.45) is 0 Å². The number of hydrogen-bond acceptors (Lipinski definition) is 4. The van der Waals surface area contributed by atoms with Gasteiger partial charge in [-0.3, -0.25) is 4.79 Å². The average molecular weight is 394 g/mol. The summed E-state index contributed by atoms with van der Waals surface area (Å²) < 4.78 is 11.6. The second-order valence-corrected chi connectivity index (χ2v) is 5.84. The molecular formula is C15H22BrClN2O3. The van der Waals surface area contributed by atoms with E-state index < -0.39 is 0 Å². The maximum atomic E-state index is 12.6. The molecule has 1 atom stereocenters. The summed E-state index contributed by atoms with van der Waals surface area (Å²) in [5.74, 6) is 1.18. The van der Waals surface area contributed by atoms with Gasteiger partial charge in [0.1, 0.15) is 0 Å². The monoisotopic (exact) mass is 392 g/mol. The van der Waals surface area contributed by atoms with Crippen LogP contribution in [0.1, 0.15) is 23.7 Å². The van der Waals surface area contributed by atoms with Gasteiger partial charge in [-0.1, -0.05) is 0 Å². The third-order valence-corrected chi connectivity index (χ3v) is 4.26. The lowest BCUT2D eigenvalue weighted by Crippen LogP contribution is -2.38. The van der Waals surface area contributed by atoms with Crippen LogP contribution >= 0.6 is 28.3 Å². The Labute approximate surface area is 145 Å². The van der Waals surface area contributed by atoms with Crippen LogP contribution in [0.5, 0.6) is 11.5 Å². The van der Waals surface area contributed by atoms with Gasteiger partial charge in [-0.15, -0.1) is 12.4 Å². The van der Waals surface area contributed by atoms with Crippen LogP contribution in [0.15, 0.2) is 16.6 Å². The molecule has 1 amide bonds. The molecule has 1 aliphatic rings. The molecule has 1 aromatic rings. The van der Waals surface area contributed by atoms with Crippen molar-refractivity contribution in [3.8, 4) is 11.5 Å². The normalized spacial score (nSPS) is 16.8. The van der Waals surface area contributed by atoms with E-state index in [-0.39, 0.29) is 24.4 Å². The Morgan fingerprint density at radius 3 is 2.77 bits per heavy atom. The molecule has 1 unspecified atom stereocenters. The molecule has 1 saturated heterocycles. The van der Waals surface area contributed by atoms with Crippen LogP contribution in [0.25, 0.3) is 0 Å². The Morgan fingerprint density at radius 2 is 2.23 bits per heavy atom. The largest absolute Gasteiger partial charge is 0.493 e. The van der Waals surface area contributed by atoms with Gasteiger partial charge in [0.2, 0.25) is 0 Å². The molecule has 1 aliphatic heterocycles. The van der Waals surface area contributed by atoms with Crippen molar-refractivity contribution < 1.29 is 14.3 Å². The smallest absolute Gasteiger partial charge is 0.254 e. The van der Waals surface area contributed by atoms with Gasteiger partial charge in [-0.2, -0.15) is 0 Å². The predicted molar refractivity (Wildman–Crippen MR) is 92.5 cm³/mol. The van der Waals surface area contributed by atoms with Crippen LogP contribution in [0.4, 0.5) is 0 Å². The van der Waals surface area contributed by atoms with Crippen molar-refractivity contribution in [2.45, 2.75) is 19.4 Å². The number of nitrogens with one attached hydrogen (secondary N) is 1. The van der Waals surface area contributed by atoms with Gasteiger partial charge in [0.25, 0.3) is 5.91 Å². The standard InChI is InChI=1S/C15H21BrN2O3.ClH/c1-4-21-14-12(16)7-10(8-13(14)20-3)15(19)18(2)11-5-6-17-9-11;/h7-8,11,17H,4-6,9H2,1-3H3;1H. The minimum Gasteiger partial charge on any atom is -0.493 e. The Morgan fingerprint density at radius 1 is 1.50 bits per heavy atom. The van der Waals surface area contributed by atoms with E-state index in [9.17, 15) is 4.79 Å². The molecule has 0 aliphatic carbocycles. The molecule has 0 bridgehead atoms. The van der Waals surface area contributed by atoms with Crippen molar-refractivity contribution in [3.05, 3.63) is 22.2 Å². The van der Waals surface area contributed by atoms with Crippen molar-refractivity contribution in [2.75, 3.05) is 33.9 Å². The number of halogens is 2. The fraction of sp³-hybridized carbons (Fsp3) is 0.533. The summed E-state index contributed by atoms with van der Waals surface area (Å²) in [5, 5.41) is 3.27. The van der Waals surface area contributed by atoms with E-state index in [4.69, 9.17) is 9.47 Å². The minimum absolute atomic E-state index is 0. The quantitative estimate of drug-likeness (QED) is 0.836. The predicted octanol–water partition coefficient (Wildman–Crippen LogP) is 2.71. The Hall–Kier alpha value is -0.980. The molecule has 7 heteroatoms. The zero-order valence-electron chi connectivity index (χ0n) is 13.0. The topological polar surface area (TPSA) is 50.8 Å². The van der Waals surface area contributed by atoms with E-state index >= 15 is 0 Å². The van der Waals surface area contributed by atoms with Gasteiger partial charge < -0.3 is 19.7 Å². The fourth-order valence-corrected chi connectivity index (χ4v) is 3.02. The first-order valence-electron chi connectivity index (χ1n) is 7.06. The highest BCUT2D eigenvalue weighted by atomic mass is 79.9. The SMILES string of the molecule is CCOc1c(Br)cc(C(=O)N(C)C2CCNC2)cc1OC.Cl. The zero-order chi connectivity index (χ0) is 15.4. The van der Waals surface area contributed by atoms with Gasteiger partial charge in [-0.05, 0) is 48.0 Å². The van der Waals surface area contributed by atoms with E-state index in [0.29, 0.717) is 23.7 Å². The second kappa shape index (κ2) is 8.60. The van der Waals surface area contributed by atoms with Crippen molar-refractivity contribution in [1.29, 1.82) is 0 Å². The summed E-state index contributed by atoms with van der Waals surface area (Å²) in [6.07, 6.45) is 0.984. The lowest BCUT2D eigenvalue weighted by Gasteiger charge is -2.24. The Bertz CT molecular complexity index is 522. The zero-order valence-corrected chi connectivity index (χ0v) is 15.4. The minimum atomic E-state index is -0.00857. The highest BCUT2D eigenvalue weighted by molar-refractivity contribution is 9.10. The van der Waals surface area contributed by atoms with Crippen molar-refractivity contribution in [1.82, 2.24) is 10.2 Å². The molecule has 1 aromatic carbocycles. The summed E-state index contributed by atoms with van der Waals surface area (Å²) in [6.45, 7) is 4.25. The second-order valence-electron chi connectivity index (χ2n) is 4.99. The van der Waals surface area contributed by atoms with Gasteiger partial charge in [0.05, 0.1) is 18.2 Å². The van der Waals surface area contributed by atoms with E-state index in [1.165, 1.54) is 0 Å². The summed E-state index contributed by atoms with van der Waals surface area (Å²) in [7, 11) is 3.42. The van der Waals surface area contributed by atoms with E-state index in [2.05, 4.69) is 21.2 Å². The highest BCUT2D eigenvalue weighted by Gasteiger charge is 2.25. The number of likely N-dealkylation sites (N-methyl/N-ethyl adjacent to an activating group) is 1. The third kappa shape index (κ3) is 4.06. The molecule has 22 heavy (non-hydrogen) atoms.